The number of allylic oxidation sites excluding steroid dienone is 1. The van der Waals surface area contributed by atoms with Crippen molar-refractivity contribution in [2.45, 2.75) is 40.2 Å². The highest BCUT2D eigenvalue weighted by Crippen LogP contribution is 2.08. The zero-order valence-electron chi connectivity index (χ0n) is 10.7. The molecule has 88 valence electrons. The molecule has 0 radical (unpaired) electrons. The third kappa shape index (κ3) is 4.80. The zero-order chi connectivity index (χ0) is 11.3. The Labute approximate surface area is 94.7 Å². The van der Waals surface area contributed by atoms with Crippen LogP contribution in [0.3, 0.4) is 0 Å². The van der Waals surface area contributed by atoms with E-state index in [-0.39, 0.29) is 0 Å². The minimum absolute atomic E-state index is 0.665. The van der Waals surface area contributed by atoms with Gasteiger partial charge in [-0.25, -0.2) is 0 Å². The van der Waals surface area contributed by atoms with Crippen molar-refractivity contribution in [3.05, 3.63) is 11.6 Å². The first-order valence-electron chi connectivity index (χ1n) is 6.18. The average molecular weight is 210 g/mol. The van der Waals surface area contributed by atoms with E-state index in [4.69, 9.17) is 0 Å². The van der Waals surface area contributed by atoms with Crippen LogP contribution in [0.4, 0.5) is 0 Å². The van der Waals surface area contributed by atoms with Gasteiger partial charge in [-0.1, -0.05) is 25.5 Å². The maximum Gasteiger partial charge on any atom is 0.0218 e. The van der Waals surface area contributed by atoms with E-state index in [0.717, 1.165) is 12.5 Å². The Morgan fingerprint density at radius 3 is 2.80 bits per heavy atom. The molecule has 15 heavy (non-hydrogen) atoms. The van der Waals surface area contributed by atoms with Gasteiger partial charge in [-0.05, 0) is 39.3 Å². The lowest BCUT2D eigenvalue weighted by Crippen LogP contribution is -2.41. The summed E-state index contributed by atoms with van der Waals surface area (Å²) in [7, 11) is 0. The van der Waals surface area contributed by atoms with Crippen LogP contribution in [-0.4, -0.2) is 37.1 Å². The molecule has 0 amide bonds. The van der Waals surface area contributed by atoms with E-state index in [9.17, 15) is 0 Å². The number of hydrogen-bond acceptors (Lipinski definition) is 2. The molecule has 1 unspecified atom stereocenters. The van der Waals surface area contributed by atoms with Gasteiger partial charge in [0.05, 0.1) is 0 Å². The summed E-state index contributed by atoms with van der Waals surface area (Å²) < 4.78 is 0. The maximum absolute atomic E-state index is 3.64. The summed E-state index contributed by atoms with van der Waals surface area (Å²) in [6, 6.07) is 0.665. The molecule has 1 N–H and O–H groups in total. The van der Waals surface area contributed by atoms with E-state index < -0.39 is 0 Å². The highest BCUT2D eigenvalue weighted by atomic mass is 15.2. The summed E-state index contributed by atoms with van der Waals surface area (Å²) in [4.78, 5) is 2.57. The Hall–Kier alpha value is -0.340. The van der Waals surface area contributed by atoms with Crippen LogP contribution in [0, 0.1) is 5.92 Å². The van der Waals surface area contributed by atoms with Crippen LogP contribution in [-0.2, 0) is 0 Å². The first kappa shape index (κ1) is 12.7. The van der Waals surface area contributed by atoms with Crippen LogP contribution in [0.15, 0.2) is 11.6 Å². The molecule has 1 aliphatic heterocycles. The second-order valence-electron chi connectivity index (χ2n) is 5.20. The van der Waals surface area contributed by atoms with E-state index in [0.29, 0.717) is 6.04 Å². The third-order valence-corrected chi connectivity index (χ3v) is 3.08. The van der Waals surface area contributed by atoms with Gasteiger partial charge in [-0.3, -0.25) is 4.90 Å². The summed E-state index contributed by atoms with van der Waals surface area (Å²) >= 11 is 0. The second kappa shape index (κ2) is 6.29. The van der Waals surface area contributed by atoms with Crippen molar-refractivity contribution in [1.82, 2.24) is 10.2 Å². The minimum atomic E-state index is 0.665. The van der Waals surface area contributed by atoms with Gasteiger partial charge in [-0.15, -0.1) is 0 Å². The van der Waals surface area contributed by atoms with Crippen molar-refractivity contribution in [2.24, 2.45) is 5.92 Å². The van der Waals surface area contributed by atoms with Gasteiger partial charge >= 0.3 is 0 Å². The second-order valence-corrected chi connectivity index (χ2v) is 5.20. The summed E-state index contributed by atoms with van der Waals surface area (Å²) in [5.74, 6) is 0.734. The SMILES string of the molecule is CC(C)=CCN1CCCNC(C(C)C)C1. The largest absolute Gasteiger partial charge is 0.312 e. The minimum Gasteiger partial charge on any atom is -0.312 e. The maximum atomic E-state index is 3.64. The molecule has 2 nitrogen and oxygen atoms in total. The van der Waals surface area contributed by atoms with Gasteiger partial charge in [0.1, 0.15) is 0 Å². The molecular weight excluding hydrogens is 184 g/mol. The molecule has 2 heteroatoms. The fourth-order valence-corrected chi connectivity index (χ4v) is 1.95. The first-order valence-corrected chi connectivity index (χ1v) is 6.18. The zero-order valence-corrected chi connectivity index (χ0v) is 10.7. The first-order chi connectivity index (χ1) is 7.09. The number of nitrogens with zero attached hydrogens (tertiary/aromatic N) is 1. The fraction of sp³-hybridized carbons (Fsp3) is 0.846. The molecular formula is C13H26N2. The standard InChI is InChI=1S/C13H26N2/c1-11(2)6-9-15-8-5-7-14-13(10-15)12(3)4/h6,12-14H,5,7-10H2,1-4H3. The molecule has 1 atom stereocenters. The Kier molecular flexibility index (Phi) is 5.34. The Morgan fingerprint density at radius 2 is 2.20 bits per heavy atom. The quantitative estimate of drug-likeness (QED) is 0.719. The van der Waals surface area contributed by atoms with Crippen LogP contribution < -0.4 is 5.32 Å². The third-order valence-electron chi connectivity index (χ3n) is 3.08. The summed E-state index contributed by atoms with van der Waals surface area (Å²) in [6.45, 7) is 13.7. The average Bonchev–Trinajstić information content (AvgIpc) is 2.39. The molecule has 0 bridgehead atoms. The van der Waals surface area contributed by atoms with E-state index in [1.165, 1.54) is 31.6 Å². The van der Waals surface area contributed by atoms with Crippen molar-refractivity contribution in [1.29, 1.82) is 0 Å². The van der Waals surface area contributed by atoms with Crippen molar-refractivity contribution in [2.75, 3.05) is 26.2 Å². The topological polar surface area (TPSA) is 15.3 Å². The number of rotatable bonds is 3. The molecule has 1 heterocycles. The molecule has 0 saturated carbocycles. The molecule has 0 aromatic carbocycles. The van der Waals surface area contributed by atoms with E-state index in [1.54, 1.807) is 0 Å². The lowest BCUT2D eigenvalue weighted by molar-refractivity contribution is 0.267. The van der Waals surface area contributed by atoms with Gasteiger partial charge in [0.25, 0.3) is 0 Å². The predicted octanol–water partition coefficient (Wildman–Crippen LogP) is 2.27. The molecule has 0 aromatic rings. The van der Waals surface area contributed by atoms with E-state index in [1.807, 2.05) is 0 Å². The molecule has 1 aliphatic rings. The van der Waals surface area contributed by atoms with Gasteiger partial charge < -0.3 is 5.32 Å². The van der Waals surface area contributed by atoms with E-state index >= 15 is 0 Å². The lowest BCUT2D eigenvalue weighted by atomic mass is 10.0. The smallest absolute Gasteiger partial charge is 0.0218 e. The van der Waals surface area contributed by atoms with Crippen LogP contribution in [0.25, 0.3) is 0 Å². The predicted molar refractivity (Wildman–Crippen MR) is 67.1 cm³/mol. The summed E-state index contributed by atoms with van der Waals surface area (Å²) in [5, 5.41) is 3.64. The summed E-state index contributed by atoms with van der Waals surface area (Å²) in [6.07, 6.45) is 3.61. The molecule has 1 fully saturated rings. The highest BCUT2D eigenvalue weighted by Gasteiger charge is 2.19. The fourth-order valence-electron chi connectivity index (χ4n) is 1.95. The van der Waals surface area contributed by atoms with Crippen molar-refractivity contribution < 1.29 is 0 Å². The van der Waals surface area contributed by atoms with Crippen LogP contribution >= 0.6 is 0 Å². The Morgan fingerprint density at radius 1 is 1.47 bits per heavy atom. The van der Waals surface area contributed by atoms with Crippen LogP contribution in [0.1, 0.15) is 34.1 Å². The van der Waals surface area contributed by atoms with Crippen molar-refractivity contribution in [3.63, 3.8) is 0 Å². The van der Waals surface area contributed by atoms with Crippen LogP contribution in [0.2, 0.25) is 0 Å². The van der Waals surface area contributed by atoms with Gasteiger partial charge in [0.2, 0.25) is 0 Å². The molecule has 0 spiro atoms. The number of hydrogen-bond donors (Lipinski definition) is 1. The van der Waals surface area contributed by atoms with Crippen LogP contribution in [0.5, 0.6) is 0 Å². The normalized spacial score (nSPS) is 23.9. The van der Waals surface area contributed by atoms with Crippen molar-refractivity contribution >= 4 is 0 Å². The summed E-state index contributed by atoms with van der Waals surface area (Å²) in [5.41, 5.74) is 1.42. The van der Waals surface area contributed by atoms with E-state index in [2.05, 4.69) is 44.0 Å². The Balaban J connectivity index is 2.46. The highest BCUT2D eigenvalue weighted by molar-refractivity contribution is 4.95. The number of nitrogens with one attached hydrogen (secondary N) is 1. The van der Waals surface area contributed by atoms with Gasteiger partial charge in [0, 0.05) is 19.1 Å². The van der Waals surface area contributed by atoms with Gasteiger partial charge in [0.15, 0.2) is 0 Å². The Bertz CT molecular complexity index is 205. The molecule has 0 aromatic heterocycles. The monoisotopic (exact) mass is 210 g/mol. The van der Waals surface area contributed by atoms with Crippen molar-refractivity contribution in [3.8, 4) is 0 Å². The lowest BCUT2D eigenvalue weighted by Gasteiger charge is -2.25. The molecule has 1 rings (SSSR count). The van der Waals surface area contributed by atoms with Gasteiger partial charge in [-0.2, -0.15) is 0 Å². The molecule has 0 aliphatic carbocycles. The molecule has 1 saturated heterocycles.